The van der Waals surface area contributed by atoms with Gasteiger partial charge in [-0.15, -0.1) is 0 Å². The van der Waals surface area contributed by atoms with E-state index in [9.17, 15) is 0 Å². The molecule has 1 aromatic rings. The summed E-state index contributed by atoms with van der Waals surface area (Å²) in [7, 11) is 0. The Hall–Kier alpha value is -0.820. The van der Waals surface area contributed by atoms with Gasteiger partial charge < -0.3 is 5.32 Å². The Morgan fingerprint density at radius 3 is 2.11 bits per heavy atom. The van der Waals surface area contributed by atoms with Crippen molar-refractivity contribution in [3.63, 3.8) is 0 Å². The van der Waals surface area contributed by atoms with E-state index >= 15 is 0 Å². The molecule has 0 aliphatic carbocycles. The Morgan fingerprint density at radius 2 is 1.61 bits per heavy atom. The van der Waals surface area contributed by atoms with Crippen LogP contribution in [0.3, 0.4) is 0 Å². The fourth-order valence-electron chi connectivity index (χ4n) is 2.46. The molecule has 1 N–H and O–H groups in total. The summed E-state index contributed by atoms with van der Waals surface area (Å²) in [5.41, 5.74) is 4.26. The molecule has 1 aromatic carbocycles. The highest BCUT2D eigenvalue weighted by Crippen LogP contribution is 2.15. The highest BCUT2D eigenvalue weighted by atomic mass is 14.9. The van der Waals surface area contributed by atoms with E-state index in [1.807, 2.05) is 0 Å². The van der Waals surface area contributed by atoms with Gasteiger partial charge in [0.25, 0.3) is 0 Å². The van der Waals surface area contributed by atoms with Crippen LogP contribution in [-0.2, 0) is 6.42 Å². The van der Waals surface area contributed by atoms with Crippen LogP contribution in [0.25, 0.3) is 0 Å². The third kappa shape index (κ3) is 5.68. The molecule has 102 valence electrons. The zero-order chi connectivity index (χ0) is 13.5. The van der Waals surface area contributed by atoms with E-state index in [1.54, 1.807) is 0 Å². The Bertz CT molecular complexity index is 334. The smallest absolute Gasteiger partial charge is 0.00173 e. The highest BCUT2D eigenvalue weighted by molar-refractivity contribution is 5.28. The second kappa shape index (κ2) is 7.58. The lowest BCUT2D eigenvalue weighted by molar-refractivity contribution is 0.437. The number of benzene rings is 1. The molecule has 0 spiro atoms. The van der Waals surface area contributed by atoms with Crippen molar-refractivity contribution in [2.24, 2.45) is 11.8 Å². The monoisotopic (exact) mass is 247 g/mol. The molecular formula is C17H29N. The van der Waals surface area contributed by atoms with Gasteiger partial charge in [-0.1, -0.05) is 56.5 Å². The molecule has 0 saturated carbocycles. The van der Waals surface area contributed by atoms with Crippen molar-refractivity contribution in [1.29, 1.82) is 0 Å². The Labute approximate surface area is 113 Å². The molecule has 0 radical (unpaired) electrons. The number of aryl methyl sites for hydroxylation is 2. The summed E-state index contributed by atoms with van der Waals surface area (Å²) in [4.78, 5) is 0. The van der Waals surface area contributed by atoms with Crippen LogP contribution in [0, 0.1) is 25.7 Å². The van der Waals surface area contributed by atoms with Crippen molar-refractivity contribution in [1.82, 2.24) is 5.32 Å². The molecular weight excluding hydrogens is 218 g/mol. The molecule has 0 aromatic heterocycles. The maximum absolute atomic E-state index is 3.59. The Morgan fingerprint density at radius 1 is 1.00 bits per heavy atom. The lowest BCUT2D eigenvalue weighted by Crippen LogP contribution is -2.27. The van der Waals surface area contributed by atoms with Gasteiger partial charge in [-0.25, -0.2) is 0 Å². The number of hydrogen-bond donors (Lipinski definition) is 1. The minimum absolute atomic E-state index is 0.740. The van der Waals surface area contributed by atoms with Crippen LogP contribution in [0.5, 0.6) is 0 Å². The van der Waals surface area contributed by atoms with Crippen LogP contribution in [0.2, 0.25) is 0 Å². The van der Waals surface area contributed by atoms with E-state index in [0.717, 1.165) is 24.9 Å². The topological polar surface area (TPSA) is 12.0 Å². The predicted octanol–water partition coefficient (Wildman–Crippen LogP) is 4.12. The van der Waals surface area contributed by atoms with Crippen molar-refractivity contribution in [3.05, 3.63) is 34.9 Å². The Kier molecular flexibility index (Phi) is 6.42. The lowest BCUT2D eigenvalue weighted by atomic mass is 9.94. The molecule has 1 unspecified atom stereocenters. The summed E-state index contributed by atoms with van der Waals surface area (Å²) in [5, 5.41) is 3.59. The van der Waals surface area contributed by atoms with Gasteiger partial charge >= 0.3 is 0 Å². The quantitative estimate of drug-likeness (QED) is 0.764. The molecule has 1 atom stereocenters. The van der Waals surface area contributed by atoms with Gasteiger partial charge in [-0.3, -0.25) is 0 Å². The summed E-state index contributed by atoms with van der Waals surface area (Å²) in [5.74, 6) is 1.49. The molecule has 0 heterocycles. The normalized spacial score (nSPS) is 13.0. The zero-order valence-electron chi connectivity index (χ0n) is 12.7. The number of hydrogen-bond acceptors (Lipinski definition) is 1. The van der Waals surface area contributed by atoms with Crippen LogP contribution >= 0.6 is 0 Å². The molecule has 0 bridgehead atoms. The van der Waals surface area contributed by atoms with Crippen LogP contribution < -0.4 is 5.32 Å². The third-order valence-electron chi connectivity index (χ3n) is 3.37. The molecule has 18 heavy (non-hydrogen) atoms. The minimum Gasteiger partial charge on any atom is -0.316 e. The molecule has 0 amide bonds. The third-order valence-corrected chi connectivity index (χ3v) is 3.37. The lowest BCUT2D eigenvalue weighted by Gasteiger charge is -2.17. The predicted molar refractivity (Wildman–Crippen MR) is 81.1 cm³/mol. The van der Waals surface area contributed by atoms with Gasteiger partial charge in [-0.05, 0) is 50.8 Å². The van der Waals surface area contributed by atoms with Gasteiger partial charge in [0.2, 0.25) is 0 Å². The summed E-state index contributed by atoms with van der Waals surface area (Å²) in [6.45, 7) is 13.5. The largest absolute Gasteiger partial charge is 0.316 e. The van der Waals surface area contributed by atoms with E-state index in [2.05, 4.69) is 58.1 Å². The van der Waals surface area contributed by atoms with E-state index in [4.69, 9.17) is 0 Å². The van der Waals surface area contributed by atoms with Crippen molar-refractivity contribution >= 4 is 0 Å². The van der Waals surface area contributed by atoms with E-state index in [-0.39, 0.29) is 0 Å². The van der Waals surface area contributed by atoms with Gasteiger partial charge in [0.15, 0.2) is 0 Å². The average molecular weight is 247 g/mol. The highest BCUT2D eigenvalue weighted by Gasteiger charge is 2.08. The van der Waals surface area contributed by atoms with Crippen molar-refractivity contribution in [3.8, 4) is 0 Å². The van der Waals surface area contributed by atoms with Crippen LogP contribution in [0.15, 0.2) is 18.2 Å². The molecule has 0 aliphatic heterocycles. The number of rotatable bonds is 7. The summed E-state index contributed by atoms with van der Waals surface area (Å²) >= 11 is 0. The first-order valence-corrected chi connectivity index (χ1v) is 7.29. The first-order valence-electron chi connectivity index (χ1n) is 7.29. The fourth-order valence-corrected chi connectivity index (χ4v) is 2.46. The SMILES string of the molecule is CCC(CNCC(C)C)Cc1cc(C)cc(C)c1. The first kappa shape index (κ1) is 15.2. The van der Waals surface area contributed by atoms with Crippen LogP contribution in [0.1, 0.15) is 43.9 Å². The minimum atomic E-state index is 0.740. The van der Waals surface area contributed by atoms with Gasteiger partial charge in [0.1, 0.15) is 0 Å². The molecule has 0 fully saturated rings. The fraction of sp³-hybridized carbons (Fsp3) is 0.647. The summed E-state index contributed by atoms with van der Waals surface area (Å²) < 4.78 is 0. The van der Waals surface area contributed by atoms with Crippen molar-refractivity contribution in [2.45, 2.75) is 47.5 Å². The van der Waals surface area contributed by atoms with Crippen LogP contribution in [0.4, 0.5) is 0 Å². The maximum Gasteiger partial charge on any atom is -0.00173 e. The number of nitrogens with one attached hydrogen (secondary N) is 1. The zero-order valence-corrected chi connectivity index (χ0v) is 12.7. The van der Waals surface area contributed by atoms with Gasteiger partial charge in [-0.2, -0.15) is 0 Å². The van der Waals surface area contributed by atoms with Gasteiger partial charge in [0.05, 0.1) is 0 Å². The molecule has 0 aliphatic rings. The van der Waals surface area contributed by atoms with E-state index < -0.39 is 0 Å². The maximum atomic E-state index is 3.59. The molecule has 1 heteroatoms. The molecule has 1 nitrogen and oxygen atoms in total. The van der Waals surface area contributed by atoms with Crippen molar-refractivity contribution in [2.75, 3.05) is 13.1 Å². The standard InChI is InChI=1S/C17H29N/c1-6-16(12-18-11-13(2)3)10-17-8-14(4)7-15(5)9-17/h7-9,13,16,18H,6,10-12H2,1-5H3. The van der Waals surface area contributed by atoms with Crippen LogP contribution in [-0.4, -0.2) is 13.1 Å². The molecule has 0 saturated heterocycles. The second-order valence-corrected chi connectivity index (χ2v) is 6.03. The van der Waals surface area contributed by atoms with Crippen molar-refractivity contribution < 1.29 is 0 Å². The second-order valence-electron chi connectivity index (χ2n) is 6.03. The van der Waals surface area contributed by atoms with E-state index in [0.29, 0.717) is 0 Å². The van der Waals surface area contributed by atoms with Gasteiger partial charge in [0, 0.05) is 0 Å². The average Bonchev–Trinajstić information content (AvgIpc) is 2.25. The van der Waals surface area contributed by atoms with E-state index in [1.165, 1.54) is 29.5 Å². The summed E-state index contributed by atoms with van der Waals surface area (Å²) in [6, 6.07) is 6.91. The summed E-state index contributed by atoms with van der Waals surface area (Å²) in [6.07, 6.45) is 2.45. The first-order chi connectivity index (χ1) is 8.51. The Balaban J connectivity index is 2.51. The molecule has 1 rings (SSSR count).